The Bertz CT molecular complexity index is 951. The van der Waals surface area contributed by atoms with E-state index in [2.05, 4.69) is 62.7 Å². The van der Waals surface area contributed by atoms with Gasteiger partial charge in [0.25, 0.3) is 0 Å². The number of nitrogens with two attached hydrogens (primary N) is 2. The molecule has 0 saturated heterocycles. The number of nitrogens with one attached hydrogen (secondary N) is 1. The van der Waals surface area contributed by atoms with Gasteiger partial charge in [0.2, 0.25) is 0 Å². The normalized spacial score (nSPS) is 9.53. The van der Waals surface area contributed by atoms with Gasteiger partial charge in [0.05, 0.1) is 6.54 Å². The van der Waals surface area contributed by atoms with E-state index in [1.54, 1.807) is 14.0 Å². The van der Waals surface area contributed by atoms with Gasteiger partial charge in [0.1, 0.15) is 12.1 Å². The number of allylic oxidation sites excluding steroid dienone is 6. The lowest BCUT2D eigenvalue weighted by atomic mass is 9.96. The van der Waals surface area contributed by atoms with Gasteiger partial charge in [-0.2, -0.15) is 0 Å². The van der Waals surface area contributed by atoms with Gasteiger partial charge < -0.3 is 26.7 Å². The number of hydrogen-bond acceptors (Lipinski definition) is 6. The zero-order valence-electron chi connectivity index (χ0n) is 28.4. The van der Waals surface area contributed by atoms with E-state index in [1.807, 2.05) is 74.5 Å². The Morgan fingerprint density at radius 3 is 1.67 bits per heavy atom. The highest BCUT2D eigenvalue weighted by molar-refractivity contribution is 5.84. The van der Waals surface area contributed by atoms with E-state index in [4.69, 9.17) is 10.8 Å². The highest BCUT2D eigenvalue weighted by Gasteiger charge is 2.04. The van der Waals surface area contributed by atoms with E-state index in [0.717, 1.165) is 47.3 Å². The quantitative estimate of drug-likeness (QED) is 0.158. The Balaban J connectivity index is -0.000000257. The molecular weight excluding hydrogens is 534 g/mol. The number of aliphatic hydroxyl groups is 1. The topological polar surface area (TPSA) is 118 Å². The van der Waals surface area contributed by atoms with E-state index < -0.39 is 0 Å². The van der Waals surface area contributed by atoms with E-state index in [9.17, 15) is 9.59 Å². The second-order valence-electron chi connectivity index (χ2n) is 9.63. The second kappa shape index (κ2) is 36.4. The Hall–Kier alpha value is -3.58. The molecule has 0 aromatic heterocycles. The Morgan fingerprint density at radius 1 is 0.953 bits per heavy atom. The molecule has 0 radical (unpaired) electrons. The molecule has 6 nitrogen and oxygen atoms in total. The molecule has 0 aliphatic carbocycles. The third kappa shape index (κ3) is 36.4. The molecule has 0 atom stereocenters. The fourth-order valence-corrected chi connectivity index (χ4v) is 2.94. The van der Waals surface area contributed by atoms with Crippen molar-refractivity contribution in [3.05, 3.63) is 114 Å². The van der Waals surface area contributed by atoms with Crippen LogP contribution in [0, 0.1) is 5.92 Å². The van der Waals surface area contributed by atoms with E-state index in [1.165, 1.54) is 26.3 Å². The van der Waals surface area contributed by atoms with Gasteiger partial charge in [-0.05, 0) is 63.6 Å². The summed E-state index contributed by atoms with van der Waals surface area (Å²) in [6.45, 7) is 16.3. The van der Waals surface area contributed by atoms with Gasteiger partial charge >= 0.3 is 0 Å². The summed E-state index contributed by atoms with van der Waals surface area (Å²) in [7, 11) is 4.23. The van der Waals surface area contributed by atoms with Crippen LogP contribution in [-0.2, 0) is 9.59 Å². The summed E-state index contributed by atoms with van der Waals surface area (Å²) in [5.41, 5.74) is 15.1. The predicted molar refractivity (Wildman–Crippen MR) is 190 cm³/mol. The lowest BCUT2D eigenvalue weighted by molar-refractivity contribution is -0.116. The van der Waals surface area contributed by atoms with Crippen molar-refractivity contribution in [2.75, 3.05) is 27.7 Å². The molecule has 2 aromatic rings. The molecule has 0 amide bonds. The summed E-state index contributed by atoms with van der Waals surface area (Å²) < 4.78 is 0. The first kappa shape index (κ1) is 46.4. The van der Waals surface area contributed by atoms with Crippen molar-refractivity contribution in [3.63, 3.8) is 0 Å². The largest absolute Gasteiger partial charge is 0.402 e. The molecule has 0 bridgehead atoms. The molecule has 242 valence electrons. The Kier molecular flexibility index (Phi) is 39.3. The average molecular weight is 596 g/mol. The first-order chi connectivity index (χ1) is 20.6. The minimum atomic E-state index is 0.180. The van der Waals surface area contributed by atoms with Gasteiger partial charge in [0, 0.05) is 19.2 Å². The van der Waals surface area contributed by atoms with Crippen molar-refractivity contribution >= 4 is 17.6 Å². The number of likely N-dealkylation sites (N-methyl/N-ethyl adjacent to an activating group) is 1. The number of aldehydes is 1. The van der Waals surface area contributed by atoms with Gasteiger partial charge in [-0.25, -0.2) is 0 Å². The van der Waals surface area contributed by atoms with Crippen molar-refractivity contribution in [1.29, 1.82) is 0 Å². The molecule has 0 unspecified atom stereocenters. The molecule has 0 fully saturated rings. The summed E-state index contributed by atoms with van der Waals surface area (Å²) in [5, 5.41) is 9.65. The monoisotopic (exact) mass is 595 g/mol. The number of ketones is 1. The molecule has 0 aliphatic rings. The fraction of sp³-hybridized carbons (Fsp3) is 0.405. The van der Waals surface area contributed by atoms with Crippen LogP contribution in [0.3, 0.4) is 0 Å². The summed E-state index contributed by atoms with van der Waals surface area (Å²) in [4.78, 5) is 20.5. The predicted octanol–water partition coefficient (Wildman–Crippen LogP) is 7.50. The third-order valence-electron chi connectivity index (χ3n) is 4.93. The zero-order chi connectivity index (χ0) is 33.9. The Morgan fingerprint density at radius 2 is 1.42 bits per heavy atom. The molecule has 6 N–H and O–H groups in total. The molecule has 2 rings (SSSR count). The van der Waals surface area contributed by atoms with Crippen LogP contribution in [0.5, 0.6) is 0 Å². The number of benzene rings is 2. The number of rotatable bonds is 11. The standard InChI is InChI=1S/C17H16O.C8H13N.C7H16.C3H7NO.CH5N.CH4O/c1-14(18)12-13-17(15-8-4-2-5-9-15)16-10-6-3-7-11-16;1-7(2)5-4-6-8(3)9;1-4-5-6-7(2)3;1-4-2-3-5;2*1-2/h2-11,13H,12H2,1H3;4-6H,1,9H2,2-3H3;7H,4-6H2,1-3H3;3-4H,2H2,1H3;2H2,1H3;2H,1H3/b;5-4-,8-6+;;;;. The van der Waals surface area contributed by atoms with Crippen LogP contribution in [0.2, 0.25) is 0 Å². The number of carbonyl (C=O) groups is 2. The van der Waals surface area contributed by atoms with E-state index in [0.29, 0.717) is 13.0 Å². The van der Waals surface area contributed by atoms with Gasteiger partial charge in [-0.15, -0.1) is 0 Å². The maximum atomic E-state index is 11.2. The molecule has 0 aliphatic heterocycles. The first-order valence-corrected chi connectivity index (χ1v) is 14.8. The number of Topliss-reactive ketones (excluding diaryl/α,β-unsaturated/α-hetero) is 1. The zero-order valence-corrected chi connectivity index (χ0v) is 28.4. The smallest absolute Gasteiger partial charge is 0.133 e. The van der Waals surface area contributed by atoms with Crippen LogP contribution in [0.15, 0.2) is 103 Å². The van der Waals surface area contributed by atoms with Crippen molar-refractivity contribution in [2.24, 2.45) is 17.4 Å². The molecule has 43 heavy (non-hydrogen) atoms. The van der Waals surface area contributed by atoms with Crippen molar-refractivity contribution in [3.8, 4) is 0 Å². The Labute approximate surface area is 263 Å². The summed E-state index contributed by atoms with van der Waals surface area (Å²) in [6.07, 6.45) is 13.1. The molecule has 0 heterocycles. The highest BCUT2D eigenvalue weighted by atomic mass is 16.2. The van der Waals surface area contributed by atoms with Crippen molar-refractivity contribution < 1.29 is 14.7 Å². The summed E-state index contributed by atoms with van der Waals surface area (Å²) >= 11 is 0. The van der Waals surface area contributed by atoms with Gasteiger partial charge in [0.15, 0.2) is 0 Å². The maximum Gasteiger partial charge on any atom is 0.133 e. The minimum absolute atomic E-state index is 0.180. The lowest BCUT2D eigenvalue weighted by Gasteiger charge is -2.08. The first-order valence-electron chi connectivity index (χ1n) is 14.8. The van der Waals surface area contributed by atoms with Crippen LogP contribution in [-0.4, -0.2) is 44.9 Å². The lowest BCUT2D eigenvalue weighted by Crippen LogP contribution is -2.07. The number of hydrogen-bond donors (Lipinski definition) is 4. The number of aliphatic hydroxyl groups excluding tert-OH is 1. The second-order valence-corrected chi connectivity index (χ2v) is 9.63. The maximum absolute atomic E-state index is 11.2. The molecule has 0 spiro atoms. The van der Waals surface area contributed by atoms with Crippen LogP contribution in [0.4, 0.5) is 0 Å². The van der Waals surface area contributed by atoms with Crippen LogP contribution in [0.25, 0.3) is 5.57 Å². The van der Waals surface area contributed by atoms with E-state index in [-0.39, 0.29) is 5.78 Å². The highest BCUT2D eigenvalue weighted by Crippen LogP contribution is 2.23. The number of carbonyl (C=O) groups excluding carboxylic acids is 2. The molecule has 0 saturated carbocycles. The van der Waals surface area contributed by atoms with E-state index >= 15 is 0 Å². The average Bonchev–Trinajstić information content (AvgIpc) is 3.00. The fourth-order valence-electron chi connectivity index (χ4n) is 2.94. The van der Waals surface area contributed by atoms with Crippen LogP contribution in [0.1, 0.15) is 78.4 Å². The molecule has 2 aromatic carbocycles. The summed E-state index contributed by atoms with van der Waals surface area (Å²) in [6, 6.07) is 20.3. The summed E-state index contributed by atoms with van der Waals surface area (Å²) in [5.74, 6) is 1.08. The molecule has 6 heteroatoms. The van der Waals surface area contributed by atoms with Gasteiger partial charge in [-0.1, -0.05) is 131 Å². The minimum Gasteiger partial charge on any atom is -0.402 e. The molecular formula is C37H61N3O3. The van der Waals surface area contributed by atoms with Crippen LogP contribution < -0.4 is 16.8 Å². The van der Waals surface area contributed by atoms with Crippen LogP contribution >= 0.6 is 0 Å². The third-order valence-corrected chi connectivity index (χ3v) is 4.93. The SMILES string of the molecule is C=C(C)/C=C\C=C(/C)N.CC(=O)CC=C(c1ccccc1)c1ccccc1.CCCCC(C)C.CN.CNCC=O.CO. The number of unbranched alkanes of at least 4 members (excludes halogenated alkanes) is 1. The van der Waals surface area contributed by atoms with Gasteiger partial charge in [-0.3, -0.25) is 4.79 Å². The van der Waals surface area contributed by atoms with Crippen molar-refractivity contribution in [1.82, 2.24) is 5.32 Å². The van der Waals surface area contributed by atoms with Crippen molar-refractivity contribution in [2.45, 2.75) is 67.2 Å².